The molecule has 0 aliphatic heterocycles. The van der Waals surface area contributed by atoms with Crippen LogP contribution >= 0.6 is 0 Å². The molecule has 0 spiro atoms. The number of alkyl halides is 3. The zero-order chi connectivity index (χ0) is 27.6. The maximum absolute atomic E-state index is 13.8. The standard InChI is InChI=1S/C36H31F3O/c1-22-6-2-5-9-31(22)35(25-13-15-26(16-14-25)36(37,38)39)21-20-30(34(40)24-10-11-24)33-29-17-12-23-7-3-4-8-27(23)28(29)18-19-32(33)35/h2-9,13-16,18-19,24,30H,10-12,17,20-21H2,1H3. The predicted octanol–water partition coefficient (Wildman–Crippen LogP) is 8.97. The van der Waals surface area contributed by atoms with Gasteiger partial charge in [-0.25, -0.2) is 0 Å². The summed E-state index contributed by atoms with van der Waals surface area (Å²) in [6, 6.07) is 26.9. The van der Waals surface area contributed by atoms with E-state index in [0.717, 1.165) is 53.5 Å². The Kier molecular flexibility index (Phi) is 5.82. The van der Waals surface area contributed by atoms with Crippen LogP contribution in [0.25, 0.3) is 11.1 Å². The fourth-order valence-electron chi connectivity index (χ4n) is 7.52. The minimum atomic E-state index is -4.40. The van der Waals surface area contributed by atoms with Gasteiger partial charge in [0.1, 0.15) is 5.78 Å². The Morgan fingerprint density at radius 3 is 2.23 bits per heavy atom. The topological polar surface area (TPSA) is 17.1 Å². The number of carbonyl (C=O) groups is 1. The van der Waals surface area contributed by atoms with Crippen LogP contribution in [0.3, 0.4) is 0 Å². The van der Waals surface area contributed by atoms with Crippen molar-refractivity contribution in [3.05, 3.63) is 129 Å². The molecule has 1 fully saturated rings. The lowest BCUT2D eigenvalue weighted by Gasteiger charge is -2.45. The Bertz CT molecular complexity index is 1630. The molecule has 0 amide bonds. The van der Waals surface area contributed by atoms with Gasteiger partial charge in [0.2, 0.25) is 0 Å². The van der Waals surface area contributed by atoms with Crippen molar-refractivity contribution in [3.63, 3.8) is 0 Å². The second kappa shape index (κ2) is 9.19. The van der Waals surface area contributed by atoms with Crippen molar-refractivity contribution in [2.45, 2.75) is 63.0 Å². The summed E-state index contributed by atoms with van der Waals surface area (Å²) in [4.78, 5) is 13.8. The van der Waals surface area contributed by atoms with Gasteiger partial charge in [-0.2, -0.15) is 13.2 Å². The van der Waals surface area contributed by atoms with Crippen molar-refractivity contribution in [1.29, 1.82) is 0 Å². The lowest BCUT2D eigenvalue weighted by atomic mass is 9.57. The monoisotopic (exact) mass is 536 g/mol. The van der Waals surface area contributed by atoms with Crippen molar-refractivity contribution in [2.24, 2.45) is 5.92 Å². The van der Waals surface area contributed by atoms with Crippen LogP contribution < -0.4 is 0 Å². The third kappa shape index (κ3) is 3.87. The van der Waals surface area contributed by atoms with Gasteiger partial charge in [-0.1, -0.05) is 72.8 Å². The van der Waals surface area contributed by atoms with E-state index >= 15 is 0 Å². The molecule has 4 aromatic rings. The van der Waals surface area contributed by atoms with E-state index < -0.39 is 17.2 Å². The maximum Gasteiger partial charge on any atom is 0.416 e. The van der Waals surface area contributed by atoms with Crippen molar-refractivity contribution in [3.8, 4) is 11.1 Å². The maximum atomic E-state index is 13.8. The highest BCUT2D eigenvalue weighted by Crippen LogP contribution is 2.56. The number of fused-ring (bicyclic) bond motifs is 5. The number of Topliss-reactive ketones (excluding diaryl/α,β-unsaturated/α-hetero) is 1. The molecule has 4 aromatic carbocycles. The Morgan fingerprint density at radius 1 is 0.775 bits per heavy atom. The second-order valence-electron chi connectivity index (χ2n) is 11.8. The minimum absolute atomic E-state index is 0.140. The summed E-state index contributed by atoms with van der Waals surface area (Å²) in [7, 11) is 0. The summed E-state index contributed by atoms with van der Waals surface area (Å²) in [5.74, 6) is 0.315. The summed E-state index contributed by atoms with van der Waals surface area (Å²) in [5.41, 5.74) is 8.99. The SMILES string of the molecule is Cc1ccccc1C1(c2ccc(C(F)(F)F)cc2)CCC(C(=O)C2CC2)c2c1ccc1c2CCc2ccccc2-1. The molecule has 202 valence electrons. The Hall–Kier alpha value is -3.66. The highest BCUT2D eigenvalue weighted by Gasteiger charge is 2.48. The van der Waals surface area contributed by atoms with E-state index in [9.17, 15) is 18.0 Å². The first-order valence-electron chi connectivity index (χ1n) is 14.3. The van der Waals surface area contributed by atoms with Crippen molar-refractivity contribution in [1.82, 2.24) is 0 Å². The molecule has 1 saturated carbocycles. The Balaban J connectivity index is 1.52. The summed E-state index contributed by atoms with van der Waals surface area (Å²) in [6.07, 6.45) is 0.675. The second-order valence-corrected chi connectivity index (χ2v) is 11.8. The molecule has 0 radical (unpaired) electrons. The third-order valence-corrected chi connectivity index (χ3v) is 9.56. The van der Waals surface area contributed by atoms with Crippen LogP contribution in [0, 0.1) is 12.8 Å². The van der Waals surface area contributed by atoms with Crippen LogP contribution in [0.2, 0.25) is 0 Å². The quantitative estimate of drug-likeness (QED) is 0.254. The van der Waals surface area contributed by atoms with E-state index in [4.69, 9.17) is 0 Å². The molecule has 4 heteroatoms. The predicted molar refractivity (Wildman–Crippen MR) is 151 cm³/mol. The summed E-state index contributed by atoms with van der Waals surface area (Å²) in [5, 5.41) is 0. The van der Waals surface area contributed by atoms with Crippen molar-refractivity contribution < 1.29 is 18.0 Å². The van der Waals surface area contributed by atoms with E-state index in [1.807, 2.05) is 12.1 Å². The lowest BCUT2D eigenvalue weighted by molar-refractivity contribution is -0.137. The molecule has 1 nitrogen and oxygen atoms in total. The van der Waals surface area contributed by atoms with Crippen molar-refractivity contribution >= 4 is 5.78 Å². The molecule has 3 aliphatic rings. The first-order valence-corrected chi connectivity index (χ1v) is 14.3. The van der Waals surface area contributed by atoms with E-state index in [1.165, 1.54) is 34.4 Å². The highest BCUT2D eigenvalue weighted by molar-refractivity contribution is 5.92. The average molecular weight is 537 g/mol. The molecule has 3 aliphatic carbocycles. The molecular weight excluding hydrogens is 505 g/mol. The van der Waals surface area contributed by atoms with Gasteiger partial charge in [0, 0.05) is 17.3 Å². The number of halogens is 3. The molecule has 0 saturated heterocycles. The van der Waals surface area contributed by atoms with E-state index in [-0.39, 0.29) is 11.8 Å². The molecule has 7 rings (SSSR count). The molecule has 0 N–H and O–H groups in total. The number of benzene rings is 4. The van der Waals surface area contributed by atoms with Gasteiger partial charge in [-0.05, 0) is 108 Å². The fourth-order valence-corrected chi connectivity index (χ4v) is 7.52. The van der Waals surface area contributed by atoms with E-state index in [1.54, 1.807) is 12.1 Å². The molecule has 0 heterocycles. The zero-order valence-electron chi connectivity index (χ0n) is 22.5. The zero-order valence-corrected chi connectivity index (χ0v) is 22.5. The number of hydrogen-bond donors (Lipinski definition) is 0. The first kappa shape index (κ1) is 25.3. The van der Waals surface area contributed by atoms with Crippen LogP contribution in [0.15, 0.2) is 84.9 Å². The number of rotatable bonds is 4. The Morgan fingerprint density at radius 2 is 1.50 bits per heavy atom. The van der Waals surface area contributed by atoms with Gasteiger partial charge >= 0.3 is 6.18 Å². The molecule has 0 bridgehead atoms. The molecule has 0 aromatic heterocycles. The number of ketones is 1. The van der Waals surface area contributed by atoms with Crippen LogP contribution in [-0.4, -0.2) is 5.78 Å². The largest absolute Gasteiger partial charge is 0.416 e. The molecule has 40 heavy (non-hydrogen) atoms. The van der Waals surface area contributed by atoms with E-state index in [0.29, 0.717) is 18.6 Å². The Labute approximate surface area is 233 Å². The van der Waals surface area contributed by atoms with Gasteiger partial charge in [-0.15, -0.1) is 0 Å². The van der Waals surface area contributed by atoms with Crippen LogP contribution in [0.5, 0.6) is 0 Å². The summed E-state index contributed by atoms with van der Waals surface area (Å²) >= 11 is 0. The number of carbonyl (C=O) groups excluding carboxylic acids is 1. The average Bonchev–Trinajstić information content (AvgIpc) is 3.82. The van der Waals surface area contributed by atoms with Gasteiger partial charge in [0.05, 0.1) is 5.56 Å². The van der Waals surface area contributed by atoms with Crippen LogP contribution in [0.1, 0.15) is 76.1 Å². The highest BCUT2D eigenvalue weighted by atomic mass is 19.4. The minimum Gasteiger partial charge on any atom is -0.299 e. The van der Waals surface area contributed by atoms with Crippen LogP contribution in [-0.2, 0) is 29.2 Å². The lowest BCUT2D eigenvalue weighted by Crippen LogP contribution is -2.38. The van der Waals surface area contributed by atoms with Gasteiger partial charge in [-0.3, -0.25) is 4.79 Å². The summed E-state index contributed by atoms with van der Waals surface area (Å²) in [6.45, 7) is 2.08. The van der Waals surface area contributed by atoms with Gasteiger partial charge < -0.3 is 0 Å². The van der Waals surface area contributed by atoms with Crippen LogP contribution in [0.4, 0.5) is 13.2 Å². The fraction of sp³-hybridized carbons (Fsp3) is 0.306. The van der Waals surface area contributed by atoms with Gasteiger partial charge in [0.25, 0.3) is 0 Å². The normalized spacial score (nSPS) is 21.8. The molecule has 2 unspecified atom stereocenters. The first-order chi connectivity index (χ1) is 19.3. The van der Waals surface area contributed by atoms with Gasteiger partial charge in [0.15, 0.2) is 0 Å². The van der Waals surface area contributed by atoms with E-state index in [2.05, 4.69) is 55.5 Å². The smallest absolute Gasteiger partial charge is 0.299 e. The third-order valence-electron chi connectivity index (χ3n) is 9.56. The number of hydrogen-bond acceptors (Lipinski definition) is 1. The molecule has 2 atom stereocenters. The summed E-state index contributed by atoms with van der Waals surface area (Å²) < 4.78 is 40.7. The van der Waals surface area contributed by atoms with Crippen molar-refractivity contribution in [2.75, 3.05) is 0 Å². The molecular formula is C36H31F3O. The number of aryl methyl sites for hydroxylation is 2.